The van der Waals surface area contributed by atoms with Gasteiger partial charge < -0.3 is 9.14 Å². The average Bonchev–Trinajstić information content (AvgIpc) is 3.28. The summed E-state index contributed by atoms with van der Waals surface area (Å²) in [6, 6.07) is 17.9. The van der Waals surface area contributed by atoms with Gasteiger partial charge in [-0.3, -0.25) is 0 Å². The van der Waals surface area contributed by atoms with Gasteiger partial charge in [0.25, 0.3) is 0 Å². The summed E-state index contributed by atoms with van der Waals surface area (Å²) in [7, 11) is 0. The standard InChI is InChI=1S/C22H19N5O/c1-15-12-20(28-14-17-13-26-11-7-6-10-19(26)23-17)24-22-21(15)16(2)25-27(22)18-8-4-3-5-9-18/h3-13H,14H2,1-2H3. The molecule has 0 aliphatic carbocycles. The van der Waals surface area contributed by atoms with E-state index in [1.54, 1.807) is 0 Å². The Morgan fingerprint density at radius 1 is 0.964 bits per heavy atom. The Morgan fingerprint density at radius 3 is 2.61 bits per heavy atom. The van der Waals surface area contributed by atoms with Gasteiger partial charge in [0.1, 0.15) is 12.3 Å². The maximum atomic E-state index is 5.98. The number of aromatic nitrogens is 5. The molecule has 0 aliphatic rings. The van der Waals surface area contributed by atoms with E-state index in [2.05, 4.69) is 11.9 Å². The van der Waals surface area contributed by atoms with Gasteiger partial charge in [0.05, 0.1) is 17.1 Å². The number of hydrogen-bond acceptors (Lipinski definition) is 4. The van der Waals surface area contributed by atoms with Crippen molar-refractivity contribution in [2.24, 2.45) is 0 Å². The van der Waals surface area contributed by atoms with Crippen LogP contribution in [-0.4, -0.2) is 24.1 Å². The summed E-state index contributed by atoms with van der Waals surface area (Å²) < 4.78 is 9.83. The van der Waals surface area contributed by atoms with E-state index in [0.717, 1.165) is 39.3 Å². The van der Waals surface area contributed by atoms with Crippen molar-refractivity contribution in [1.29, 1.82) is 0 Å². The minimum Gasteiger partial charge on any atom is -0.471 e. The first-order valence-electron chi connectivity index (χ1n) is 9.17. The van der Waals surface area contributed by atoms with Crippen LogP contribution in [-0.2, 0) is 6.61 Å². The molecule has 5 rings (SSSR count). The molecule has 6 heteroatoms. The third kappa shape index (κ3) is 2.79. The summed E-state index contributed by atoms with van der Waals surface area (Å²) in [5, 5.41) is 5.75. The lowest BCUT2D eigenvalue weighted by Crippen LogP contribution is -2.01. The summed E-state index contributed by atoms with van der Waals surface area (Å²) >= 11 is 0. The molecule has 4 heterocycles. The molecule has 5 aromatic rings. The minimum atomic E-state index is 0.359. The zero-order valence-corrected chi connectivity index (χ0v) is 15.7. The first-order valence-corrected chi connectivity index (χ1v) is 9.17. The fraction of sp³-hybridized carbons (Fsp3) is 0.136. The molecule has 0 saturated heterocycles. The highest BCUT2D eigenvalue weighted by Gasteiger charge is 2.15. The molecule has 6 nitrogen and oxygen atoms in total. The van der Waals surface area contributed by atoms with E-state index in [1.165, 1.54) is 0 Å². The van der Waals surface area contributed by atoms with Crippen molar-refractivity contribution < 1.29 is 4.74 Å². The minimum absolute atomic E-state index is 0.359. The zero-order chi connectivity index (χ0) is 19.1. The van der Waals surface area contributed by atoms with E-state index in [9.17, 15) is 0 Å². The Balaban J connectivity index is 1.51. The maximum absolute atomic E-state index is 5.98. The number of hydrogen-bond donors (Lipinski definition) is 0. The Morgan fingerprint density at radius 2 is 1.79 bits per heavy atom. The van der Waals surface area contributed by atoms with E-state index < -0.39 is 0 Å². The van der Waals surface area contributed by atoms with Gasteiger partial charge in [-0.25, -0.2) is 9.67 Å². The van der Waals surface area contributed by atoms with Crippen molar-refractivity contribution >= 4 is 16.7 Å². The average molecular weight is 369 g/mol. The molecular weight excluding hydrogens is 350 g/mol. The number of nitrogens with zero attached hydrogens (tertiary/aromatic N) is 5. The quantitative estimate of drug-likeness (QED) is 0.475. The Bertz CT molecular complexity index is 1250. The summed E-state index contributed by atoms with van der Waals surface area (Å²) in [6.07, 6.45) is 3.95. The number of benzene rings is 1. The first-order chi connectivity index (χ1) is 13.7. The lowest BCUT2D eigenvalue weighted by Gasteiger charge is -2.07. The van der Waals surface area contributed by atoms with E-state index in [0.29, 0.717) is 12.5 Å². The predicted octanol–water partition coefficient (Wildman–Crippen LogP) is 4.26. The Labute approximate surface area is 162 Å². The van der Waals surface area contributed by atoms with E-state index in [-0.39, 0.29) is 0 Å². The molecule has 1 aromatic carbocycles. The molecule has 0 saturated carbocycles. The van der Waals surface area contributed by atoms with Crippen LogP contribution < -0.4 is 4.74 Å². The van der Waals surface area contributed by atoms with Crippen LogP contribution >= 0.6 is 0 Å². The monoisotopic (exact) mass is 369 g/mol. The van der Waals surface area contributed by atoms with Crippen LogP contribution in [0.4, 0.5) is 0 Å². The molecule has 0 fully saturated rings. The van der Waals surface area contributed by atoms with Crippen molar-refractivity contribution in [1.82, 2.24) is 24.1 Å². The summed E-state index contributed by atoms with van der Waals surface area (Å²) in [5.41, 5.74) is 5.58. The number of para-hydroxylation sites is 1. The number of fused-ring (bicyclic) bond motifs is 2. The second kappa shape index (κ2) is 6.49. The lowest BCUT2D eigenvalue weighted by molar-refractivity contribution is 0.290. The van der Waals surface area contributed by atoms with Crippen LogP contribution in [0.3, 0.4) is 0 Å². The Kier molecular flexibility index (Phi) is 3.83. The molecule has 0 bridgehead atoms. The summed E-state index contributed by atoms with van der Waals surface area (Å²) in [6.45, 7) is 4.43. The van der Waals surface area contributed by atoms with Gasteiger partial charge in [-0.2, -0.15) is 10.1 Å². The van der Waals surface area contributed by atoms with Crippen molar-refractivity contribution in [3.63, 3.8) is 0 Å². The number of pyridine rings is 2. The van der Waals surface area contributed by atoms with E-state index >= 15 is 0 Å². The lowest BCUT2D eigenvalue weighted by atomic mass is 10.2. The van der Waals surface area contributed by atoms with Gasteiger partial charge in [-0.15, -0.1) is 0 Å². The van der Waals surface area contributed by atoms with Crippen LogP contribution in [0.2, 0.25) is 0 Å². The van der Waals surface area contributed by atoms with E-state index in [1.807, 2.05) is 83.0 Å². The maximum Gasteiger partial charge on any atom is 0.215 e. The molecule has 138 valence electrons. The van der Waals surface area contributed by atoms with Crippen molar-refractivity contribution in [2.75, 3.05) is 0 Å². The first kappa shape index (κ1) is 16.5. The molecule has 0 amide bonds. The highest BCUT2D eigenvalue weighted by Crippen LogP contribution is 2.27. The molecule has 0 atom stereocenters. The van der Waals surface area contributed by atoms with Crippen LogP contribution in [0.25, 0.3) is 22.4 Å². The van der Waals surface area contributed by atoms with Crippen molar-refractivity contribution in [3.8, 4) is 11.6 Å². The van der Waals surface area contributed by atoms with Gasteiger partial charge in [0.15, 0.2) is 5.65 Å². The second-order valence-corrected chi connectivity index (χ2v) is 6.80. The second-order valence-electron chi connectivity index (χ2n) is 6.80. The normalized spacial score (nSPS) is 11.4. The van der Waals surface area contributed by atoms with Crippen molar-refractivity contribution in [3.05, 3.63) is 83.9 Å². The molecule has 0 spiro atoms. The molecule has 28 heavy (non-hydrogen) atoms. The summed E-state index contributed by atoms with van der Waals surface area (Å²) in [4.78, 5) is 9.32. The fourth-order valence-corrected chi connectivity index (χ4v) is 3.50. The number of aryl methyl sites for hydroxylation is 2. The molecule has 0 unspecified atom stereocenters. The Hall–Kier alpha value is -3.67. The van der Waals surface area contributed by atoms with Gasteiger partial charge in [-0.05, 0) is 43.7 Å². The third-order valence-corrected chi connectivity index (χ3v) is 4.77. The fourth-order valence-electron chi connectivity index (χ4n) is 3.50. The third-order valence-electron chi connectivity index (χ3n) is 4.77. The number of imidazole rings is 1. The van der Waals surface area contributed by atoms with E-state index in [4.69, 9.17) is 14.8 Å². The molecule has 0 radical (unpaired) electrons. The van der Waals surface area contributed by atoms with Crippen molar-refractivity contribution in [2.45, 2.75) is 20.5 Å². The molecular formula is C22H19N5O. The molecule has 4 aromatic heterocycles. The smallest absolute Gasteiger partial charge is 0.215 e. The highest BCUT2D eigenvalue weighted by atomic mass is 16.5. The van der Waals surface area contributed by atoms with Gasteiger partial charge in [-0.1, -0.05) is 24.3 Å². The molecule has 0 N–H and O–H groups in total. The zero-order valence-electron chi connectivity index (χ0n) is 15.7. The number of ether oxygens (including phenoxy) is 1. The largest absolute Gasteiger partial charge is 0.471 e. The predicted molar refractivity (Wildman–Crippen MR) is 108 cm³/mol. The van der Waals surface area contributed by atoms with Gasteiger partial charge in [0, 0.05) is 23.8 Å². The van der Waals surface area contributed by atoms with Crippen LogP contribution in [0.1, 0.15) is 17.0 Å². The van der Waals surface area contributed by atoms with Gasteiger partial charge in [0.2, 0.25) is 5.88 Å². The highest BCUT2D eigenvalue weighted by molar-refractivity contribution is 5.83. The summed E-state index contributed by atoms with van der Waals surface area (Å²) in [5.74, 6) is 0.569. The molecule has 0 aliphatic heterocycles. The van der Waals surface area contributed by atoms with Crippen LogP contribution in [0.5, 0.6) is 5.88 Å². The van der Waals surface area contributed by atoms with Gasteiger partial charge >= 0.3 is 0 Å². The van der Waals surface area contributed by atoms with Crippen LogP contribution in [0, 0.1) is 13.8 Å². The van der Waals surface area contributed by atoms with Crippen LogP contribution in [0.15, 0.2) is 67.0 Å². The topological polar surface area (TPSA) is 57.2 Å². The number of rotatable bonds is 4. The SMILES string of the molecule is Cc1cc(OCc2cn3ccccc3n2)nc2c1c(C)nn2-c1ccccc1.